The molecule has 4 aliphatic carbocycles. The maximum Gasteiger partial charge on any atom is 0.338 e. The SMILES string of the molecule is CC(=O)O[C@H]1C(C)=C[C@@]23C(=O)[C@@H](C=C(C)[C@@H](OC(=O)c4ccccc4)[C@]12O)[C@H]1[C@@H](C[C@H]3C)C1(C)C. The molecule has 0 radical (unpaired) electrons. The van der Waals surface area contributed by atoms with Crippen molar-refractivity contribution in [2.24, 2.45) is 34.5 Å². The fraction of sp³-hybridized carbons (Fsp3) is 0.552. The first-order valence-electron chi connectivity index (χ1n) is 12.4. The zero-order chi connectivity index (χ0) is 25.5. The number of fused-ring (bicyclic) bond motifs is 3. The summed E-state index contributed by atoms with van der Waals surface area (Å²) in [7, 11) is 0. The van der Waals surface area contributed by atoms with Crippen LogP contribution in [0.3, 0.4) is 0 Å². The summed E-state index contributed by atoms with van der Waals surface area (Å²) in [4.78, 5) is 39.9. The first kappa shape index (κ1) is 24.0. The first-order valence-corrected chi connectivity index (χ1v) is 12.4. The lowest BCUT2D eigenvalue weighted by atomic mass is 9.59. The summed E-state index contributed by atoms with van der Waals surface area (Å²) in [6.45, 7) is 11.2. The van der Waals surface area contributed by atoms with Crippen molar-refractivity contribution in [3.8, 4) is 0 Å². The number of hydrogen-bond acceptors (Lipinski definition) is 6. The summed E-state index contributed by atoms with van der Waals surface area (Å²) in [6.07, 6.45) is 2.20. The van der Waals surface area contributed by atoms with E-state index in [1.165, 1.54) is 6.92 Å². The highest BCUT2D eigenvalue weighted by Gasteiger charge is 2.77. The number of rotatable bonds is 3. The van der Waals surface area contributed by atoms with E-state index >= 15 is 0 Å². The van der Waals surface area contributed by atoms with E-state index in [4.69, 9.17) is 9.47 Å². The van der Waals surface area contributed by atoms with Crippen molar-refractivity contribution in [3.05, 3.63) is 59.2 Å². The minimum Gasteiger partial charge on any atom is -0.455 e. The molecule has 0 heterocycles. The molecule has 2 saturated carbocycles. The van der Waals surface area contributed by atoms with E-state index in [0.717, 1.165) is 6.42 Å². The summed E-state index contributed by atoms with van der Waals surface area (Å²) >= 11 is 0. The highest BCUT2D eigenvalue weighted by atomic mass is 16.6. The highest BCUT2D eigenvalue weighted by molar-refractivity contribution is 5.96. The number of ketones is 1. The number of esters is 2. The molecule has 1 aromatic carbocycles. The minimum absolute atomic E-state index is 0.0122. The minimum atomic E-state index is -1.96. The molecule has 2 bridgehead atoms. The quantitative estimate of drug-likeness (QED) is 0.515. The Balaban J connectivity index is 1.71. The third-order valence-electron chi connectivity index (χ3n) is 9.33. The van der Waals surface area contributed by atoms with Crippen molar-refractivity contribution in [2.45, 2.75) is 65.8 Å². The third-order valence-corrected chi connectivity index (χ3v) is 9.33. The van der Waals surface area contributed by atoms with Gasteiger partial charge in [-0.1, -0.05) is 51.1 Å². The van der Waals surface area contributed by atoms with E-state index < -0.39 is 41.1 Å². The second kappa shape index (κ2) is 7.63. The van der Waals surface area contributed by atoms with Gasteiger partial charge in [0.1, 0.15) is 0 Å². The van der Waals surface area contributed by atoms with Gasteiger partial charge in [-0.3, -0.25) is 9.59 Å². The van der Waals surface area contributed by atoms with Crippen molar-refractivity contribution in [2.75, 3.05) is 0 Å². The molecule has 0 saturated heterocycles. The normalized spacial score (nSPS) is 40.8. The Bertz CT molecular complexity index is 1160. The fourth-order valence-electron chi connectivity index (χ4n) is 7.65. The van der Waals surface area contributed by atoms with E-state index in [1.54, 1.807) is 44.2 Å². The van der Waals surface area contributed by atoms with Crippen LogP contribution in [0.1, 0.15) is 58.3 Å². The lowest BCUT2D eigenvalue weighted by Gasteiger charge is -2.49. The topological polar surface area (TPSA) is 89.9 Å². The lowest BCUT2D eigenvalue weighted by molar-refractivity contribution is -0.202. The number of Topliss-reactive ketones (excluding diaryl/α,β-unsaturated/α-hetero) is 1. The van der Waals surface area contributed by atoms with Crippen molar-refractivity contribution < 1.29 is 29.0 Å². The smallest absolute Gasteiger partial charge is 0.338 e. The Morgan fingerprint density at radius 1 is 1.03 bits per heavy atom. The van der Waals surface area contributed by atoms with Gasteiger partial charge in [0.25, 0.3) is 0 Å². The van der Waals surface area contributed by atoms with Gasteiger partial charge in [-0.2, -0.15) is 0 Å². The molecule has 0 aromatic heterocycles. The lowest BCUT2D eigenvalue weighted by Crippen LogP contribution is -2.66. The summed E-state index contributed by atoms with van der Waals surface area (Å²) in [5.41, 5.74) is -1.74. The van der Waals surface area contributed by atoms with Gasteiger partial charge in [0.2, 0.25) is 0 Å². The number of ether oxygens (including phenoxy) is 2. The molecular formula is C29H34O6. The Labute approximate surface area is 206 Å². The Morgan fingerprint density at radius 3 is 2.29 bits per heavy atom. The van der Waals surface area contributed by atoms with Gasteiger partial charge in [0.05, 0.1) is 11.0 Å². The molecule has 1 N–H and O–H groups in total. The van der Waals surface area contributed by atoms with Crippen LogP contribution in [0.25, 0.3) is 0 Å². The van der Waals surface area contributed by atoms with Gasteiger partial charge >= 0.3 is 11.9 Å². The van der Waals surface area contributed by atoms with E-state index in [0.29, 0.717) is 22.6 Å². The molecule has 2 fully saturated rings. The maximum absolute atomic E-state index is 14.5. The fourth-order valence-corrected chi connectivity index (χ4v) is 7.65. The van der Waals surface area contributed by atoms with Crippen LogP contribution in [0.4, 0.5) is 0 Å². The van der Waals surface area contributed by atoms with Crippen LogP contribution in [0.2, 0.25) is 0 Å². The number of benzene rings is 1. The van der Waals surface area contributed by atoms with Crippen LogP contribution in [-0.4, -0.2) is 40.6 Å². The summed E-state index contributed by atoms with van der Waals surface area (Å²) < 4.78 is 11.7. The van der Waals surface area contributed by atoms with Gasteiger partial charge < -0.3 is 14.6 Å². The first-order chi connectivity index (χ1) is 16.4. The second-order valence-corrected chi connectivity index (χ2v) is 11.6. The Morgan fingerprint density at radius 2 is 1.66 bits per heavy atom. The molecule has 0 unspecified atom stereocenters. The van der Waals surface area contributed by atoms with Gasteiger partial charge in [0, 0.05) is 12.8 Å². The predicted octanol–water partition coefficient (Wildman–Crippen LogP) is 4.28. The highest BCUT2D eigenvalue weighted by Crippen LogP contribution is 2.71. The van der Waals surface area contributed by atoms with Crippen LogP contribution in [0.15, 0.2) is 53.6 Å². The Hall–Kier alpha value is -2.73. The molecule has 35 heavy (non-hydrogen) atoms. The number of hydrogen-bond donors (Lipinski definition) is 1. The van der Waals surface area contributed by atoms with Gasteiger partial charge in [0.15, 0.2) is 23.6 Å². The van der Waals surface area contributed by atoms with E-state index in [1.807, 2.05) is 19.1 Å². The molecule has 5 rings (SSSR count). The summed E-state index contributed by atoms with van der Waals surface area (Å²) in [5, 5.41) is 12.7. The monoisotopic (exact) mass is 478 g/mol. The van der Waals surface area contributed by atoms with Crippen molar-refractivity contribution in [1.29, 1.82) is 0 Å². The van der Waals surface area contributed by atoms with Crippen LogP contribution < -0.4 is 0 Å². The molecule has 8 atom stereocenters. The van der Waals surface area contributed by atoms with Gasteiger partial charge in [-0.05, 0) is 66.7 Å². The largest absolute Gasteiger partial charge is 0.455 e. The molecule has 186 valence electrons. The molecule has 6 heteroatoms. The van der Waals surface area contributed by atoms with Crippen molar-refractivity contribution in [3.63, 3.8) is 0 Å². The molecule has 0 amide bonds. The molecule has 1 aromatic rings. The summed E-state index contributed by atoms with van der Waals surface area (Å²) in [5.74, 6) is -1.39. The van der Waals surface area contributed by atoms with Crippen LogP contribution in [0, 0.1) is 34.5 Å². The second-order valence-electron chi connectivity index (χ2n) is 11.6. The van der Waals surface area contributed by atoms with Gasteiger partial charge in [-0.15, -0.1) is 0 Å². The molecule has 4 aliphatic rings. The van der Waals surface area contributed by atoms with E-state index in [-0.39, 0.29) is 23.0 Å². The van der Waals surface area contributed by atoms with Crippen LogP contribution >= 0.6 is 0 Å². The average molecular weight is 479 g/mol. The van der Waals surface area contributed by atoms with Crippen LogP contribution in [-0.2, 0) is 19.1 Å². The molecular weight excluding hydrogens is 444 g/mol. The average Bonchev–Trinajstić information content (AvgIpc) is 3.29. The third kappa shape index (κ3) is 3.08. The van der Waals surface area contributed by atoms with Crippen molar-refractivity contribution >= 4 is 17.7 Å². The van der Waals surface area contributed by atoms with Crippen LogP contribution in [0.5, 0.6) is 0 Å². The molecule has 6 nitrogen and oxygen atoms in total. The van der Waals surface area contributed by atoms with Gasteiger partial charge in [-0.25, -0.2) is 4.79 Å². The maximum atomic E-state index is 14.5. The number of allylic oxidation sites excluding steroid dienone is 1. The zero-order valence-electron chi connectivity index (χ0n) is 21.2. The predicted molar refractivity (Wildman–Crippen MR) is 129 cm³/mol. The zero-order valence-corrected chi connectivity index (χ0v) is 21.2. The number of aliphatic hydroxyl groups is 1. The number of carbonyl (C=O) groups excluding carboxylic acids is 3. The van der Waals surface area contributed by atoms with E-state index in [2.05, 4.69) is 13.8 Å². The Kier molecular flexibility index (Phi) is 5.23. The molecule has 0 aliphatic heterocycles. The number of carbonyl (C=O) groups is 3. The van der Waals surface area contributed by atoms with E-state index in [9.17, 15) is 19.5 Å². The summed E-state index contributed by atoms with van der Waals surface area (Å²) in [6, 6.07) is 8.58. The van der Waals surface area contributed by atoms with Crippen molar-refractivity contribution in [1.82, 2.24) is 0 Å². The standard InChI is InChI=1S/C29H34O6/c1-15-12-20-22-21(27(22,5)6)13-17(3)28(23(20)31)14-16(2)25(34-18(4)30)29(28,33)24(15)35-26(32)19-10-8-7-9-11-19/h7-12,14,17,20-22,24-25,33H,13H2,1-6H3/t17-,20+,21-,22+,24-,25+,28-,29+/m1/s1. The molecule has 1 spiro atoms.